The number of aryl methyl sites for hydroxylation is 1. The van der Waals surface area contributed by atoms with Crippen molar-refractivity contribution in [2.24, 2.45) is 0 Å². The lowest BCUT2D eigenvalue weighted by molar-refractivity contribution is -0.130. The molecule has 6 heteroatoms. The maximum Gasteiger partial charge on any atom is 0.325 e. The van der Waals surface area contributed by atoms with E-state index in [0.29, 0.717) is 12.0 Å². The van der Waals surface area contributed by atoms with Crippen LogP contribution >= 0.6 is 0 Å². The molecule has 0 radical (unpaired) electrons. The van der Waals surface area contributed by atoms with Gasteiger partial charge in [-0.25, -0.2) is 4.79 Å². The molecule has 0 aliphatic carbocycles. The fourth-order valence-corrected chi connectivity index (χ4v) is 4.58. The van der Waals surface area contributed by atoms with Gasteiger partial charge < -0.3 is 9.88 Å². The Balaban J connectivity index is 1.71. The van der Waals surface area contributed by atoms with E-state index >= 15 is 0 Å². The second-order valence-corrected chi connectivity index (χ2v) is 8.81. The summed E-state index contributed by atoms with van der Waals surface area (Å²) in [6, 6.07) is 21.6. The second kappa shape index (κ2) is 8.70. The number of amides is 3. The molecule has 2 heterocycles. The highest BCUT2D eigenvalue weighted by Crippen LogP contribution is 2.32. The molecule has 0 spiro atoms. The van der Waals surface area contributed by atoms with Gasteiger partial charge in [-0.1, -0.05) is 67.6 Å². The van der Waals surface area contributed by atoms with Gasteiger partial charge >= 0.3 is 6.03 Å². The van der Waals surface area contributed by atoms with E-state index in [1.807, 2.05) is 63.2 Å². The Morgan fingerprint density at radius 1 is 0.970 bits per heavy atom. The van der Waals surface area contributed by atoms with Gasteiger partial charge in [0.05, 0.1) is 12.6 Å². The lowest BCUT2D eigenvalue weighted by atomic mass is 9.98. The van der Waals surface area contributed by atoms with Gasteiger partial charge in [0.25, 0.3) is 5.91 Å². The molecule has 1 N–H and O–H groups in total. The Morgan fingerprint density at radius 3 is 2.00 bits per heavy atom. The molecule has 1 aromatic heterocycles. The van der Waals surface area contributed by atoms with E-state index in [1.165, 1.54) is 0 Å². The summed E-state index contributed by atoms with van der Waals surface area (Å²) in [5.41, 5.74) is 3.52. The first-order chi connectivity index (χ1) is 15.8. The van der Waals surface area contributed by atoms with E-state index < -0.39 is 11.6 Å². The van der Waals surface area contributed by atoms with Crippen LogP contribution in [0.3, 0.4) is 0 Å². The number of nitrogens with one attached hydrogen (secondary N) is 1. The van der Waals surface area contributed by atoms with Gasteiger partial charge in [-0.15, -0.1) is 0 Å². The van der Waals surface area contributed by atoms with E-state index in [4.69, 9.17) is 0 Å². The molecule has 1 saturated heterocycles. The lowest BCUT2D eigenvalue weighted by Gasteiger charge is -2.24. The van der Waals surface area contributed by atoms with Crippen molar-refractivity contribution < 1.29 is 14.4 Å². The van der Waals surface area contributed by atoms with Gasteiger partial charge in [0.15, 0.2) is 5.78 Å². The number of urea groups is 1. The zero-order valence-electron chi connectivity index (χ0n) is 19.5. The number of rotatable bonds is 7. The molecule has 0 saturated carbocycles. The first-order valence-corrected chi connectivity index (χ1v) is 11.2. The first-order valence-electron chi connectivity index (χ1n) is 11.2. The lowest BCUT2D eigenvalue weighted by Crippen LogP contribution is -2.43. The molecule has 6 nitrogen and oxygen atoms in total. The van der Waals surface area contributed by atoms with Crippen molar-refractivity contribution in [2.75, 3.05) is 6.54 Å². The van der Waals surface area contributed by atoms with Crippen molar-refractivity contribution in [2.45, 2.75) is 45.7 Å². The molecular formula is C27H29N3O3. The number of Topliss-reactive ketones (excluding diaryl/α,β-unsaturated/α-hetero) is 1. The van der Waals surface area contributed by atoms with Crippen LogP contribution in [-0.4, -0.2) is 39.3 Å². The molecule has 1 atom stereocenters. The minimum absolute atomic E-state index is 0.103. The van der Waals surface area contributed by atoms with Crippen molar-refractivity contribution in [3.05, 3.63) is 94.8 Å². The molecule has 1 aliphatic rings. The highest BCUT2D eigenvalue weighted by Gasteiger charge is 2.47. The van der Waals surface area contributed by atoms with Crippen LogP contribution in [0.1, 0.15) is 59.2 Å². The number of imide groups is 1. The minimum atomic E-state index is -0.958. The summed E-state index contributed by atoms with van der Waals surface area (Å²) in [7, 11) is 0. The molecule has 170 valence electrons. The quantitative estimate of drug-likeness (QED) is 0.427. The van der Waals surface area contributed by atoms with Crippen LogP contribution in [0.4, 0.5) is 4.79 Å². The molecule has 2 aromatic carbocycles. The van der Waals surface area contributed by atoms with Gasteiger partial charge in [-0.2, -0.15) is 0 Å². The second-order valence-electron chi connectivity index (χ2n) is 8.81. The molecular weight excluding hydrogens is 414 g/mol. The summed E-state index contributed by atoms with van der Waals surface area (Å²) in [6.07, 6.45) is 0.465. The molecule has 33 heavy (non-hydrogen) atoms. The predicted octanol–water partition coefficient (Wildman–Crippen LogP) is 4.65. The van der Waals surface area contributed by atoms with Gasteiger partial charge in [0.1, 0.15) is 5.54 Å². The average molecular weight is 444 g/mol. The van der Waals surface area contributed by atoms with Crippen LogP contribution < -0.4 is 5.32 Å². The highest BCUT2D eigenvalue weighted by molar-refractivity contribution is 6.11. The Morgan fingerprint density at radius 2 is 1.52 bits per heavy atom. The van der Waals surface area contributed by atoms with Crippen LogP contribution in [-0.2, 0) is 4.79 Å². The minimum Gasteiger partial charge on any atom is -0.337 e. The van der Waals surface area contributed by atoms with E-state index in [-0.39, 0.29) is 24.3 Å². The largest absolute Gasteiger partial charge is 0.337 e. The Bertz CT molecular complexity index is 1160. The summed E-state index contributed by atoms with van der Waals surface area (Å²) in [6.45, 7) is 7.15. The van der Waals surface area contributed by atoms with Crippen molar-refractivity contribution >= 4 is 17.7 Å². The van der Waals surface area contributed by atoms with Gasteiger partial charge in [0.2, 0.25) is 0 Å². The van der Waals surface area contributed by atoms with Crippen molar-refractivity contribution in [3.63, 3.8) is 0 Å². The number of benzene rings is 2. The maximum absolute atomic E-state index is 13.3. The molecule has 0 bridgehead atoms. The predicted molar refractivity (Wildman–Crippen MR) is 127 cm³/mol. The fourth-order valence-electron chi connectivity index (χ4n) is 4.58. The first kappa shape index (κ1) is 22.5. The Kier molecular flexibility index (Phi) is 5.93. The zero-order valence-corrected chi connectivity index (χ0v) is 19.5. The monoisotopic (exact) mass is 443 g/mol. The summed E-state index contributed by atoms with van der Waals surface area (Å²) in [5.74, 6) is -0.610. The molecule has 4 rings (SSSR count). The van der Waals surface area contributed by atoms with Crippen molar-refractivity contribution in [1.82, 2.24) is 14.8 Å². The molecule has 3 aromatic rings. The number of hydrogen-bond donors (Lipinski definition) is 1. The third-order valence-electron chi connectivity index (χ3n) is 6.63. The smallest absolute Gasteiger partial charge is 0.325 e. The van der Waals surface area contributed by atoms with Crippen LogP contribution in [0.15, 0.2) is 66.7 Å². The topological polar surface area (TPSA) is 71.4 Å². The Labute approximate surface area is 194 Å². The summed E-state index contributed by atoms with van der Waals surface area (Å²) in [5, 5.41) is 2.71. The third-order valence-corrected chi connectivity index (χ3v) is 6.63. The number of aromatic nitrogens is 1. The average Bonchev–Trinajstić information content (AvgIpc) is 3.23. The molecule has 1 fully saturated rings. The third kappa shape index (κ3) is 3.97. The van der Waals surface area contributed by atoms with Crippen molar-refractivity contribution in [1.29, 1.82) is 0 Å². The highest BCUT2D eigenvalue weighted by atomic mass is 16.2. The van der Waals surface area contributed by atoms with Gasteiger partial charge in [-0.05, 0) is 44.4 Å². The Hall–Kier alpha value is -3.67. The summed E-state index contributed by atoms with van der Waals surface area (Å²) in [4.78, 5) is 39.5. The van der Waals surface area contributed by atoms with E-state index in [9.17, 15) is 14.4 Å². The van der Waals surface area contributed by atoms with Gasteiger partial charge in [-0.3, -0.25) is 14.5 Å². The van der Waals surface area contributed by atoms with Crippen LogP contribution in [0, 0.1) is 13.8 Å². The molecule has 3 amide bonds. The fraction of sp³-hybridized carbons (Fsp3) is 0.296. The van der Waals surface area contributed by atoms with E-state index in [1.54, 1.807) is 6.92 Å². The van der Waals surface area contributed by atoms with Crippen molar-refractivity contribution in [3.8, 4) is 0 Å². The maximum atomic E-state index is 13.3. The summed E-state index contributed by atoms with van der Waals surface area (Å²) >= 11 is 0. The number of carbonyl (C=O) groups is 3. The number of nitrogens with zero attached hydrogens (tertiary/aromatic N) is 2. The van der Waals surface area contributed by atoms with Crippen LogP contribution in [0.2, 0.25) is 0 Å². The summed E-state index contributed by atoms with van der Waals surface area (Å²) < 4.78 is 2.15. The standard InChI is InChI=1S/C27H29N3O3/c1-5-27(4)25(32)29(26(33)28-27)17-23(31)22-16-18(2)30(19(22)3)24(20-12-8-6-9-13-20)21-14-10-7-11-15-21/h6-16,24H,5,17H2,1-4H3,(H,28,33)/t27-/m1/s1. The normalized spacial score (nSPS) is 18.2. The van der Waals surface area contributed by atoms with E-state index in [2.05, 4.69) is 34.1 Å². The van der Waals surface area contributed by atoms with Crippen LogP contribution in [0.25, 0.3) is 0 Å². The SMILES string of the molecule is CC[C@@]1(C)NC(=O)N(CC(=O)c2cc(C)n(C(c3ccccc3)c3ccccc3)c2C)C1=O. The number of hydrogen-bond acceptors (Lipinski definition) is 3. The van der Waals surface area contributed by atoms with Gasteiger partial charge in [0, 0.05) is 17.0 Å². The van der Waals surface area contributed by atoms with Crippen LogP contribution in [0.5, 0.6) is 0 Å². The zero-order chi connectivity index (χ0) is 23.8. The molecule has 1 aliphatic heterocycles. The van der Waals surface area contributed by atoms with E-state index in [0.717, 1.165) is 27.4 Å². The number of carbonyl (C=O) groups excluding carboxylic acids is 3. The molecule has 0 unspecified atom stereocenters. The number of ketones is 1.